The van der Waals surface area contributed by atoms with Crippen molar-refractivity contribution >= 4 is 11.6 Å². The van der Waals surface area contributed by atoms with Crippen molar-refractivity contribution in [1.29, 1.82) is 0 Å². The zero-order valence-electron chi connectivity index (χ0n) is 21.1. The van der Waals surface area contributed by atoms with Gasteiger partial charge in [-0.15, -0.1) is 0 Å². The molecule has 1 fully saturated rings. The SMILES string of the molecule is c1cc2nc(c1)NCCCNCCCNc1cccc(n1)CN1CCNCCN(CCNCC1)C2. The van der Waals surface area contributed by atoms with Gasteiger partial charge in [-0.05, 0) is 50.2 Å². The largest absolute Gasteiger partial charge is 0.370 e. The van der Waals surface area contributed by atoms with E-state index in [-0.39, 0.29) is 0 Å². The highest BCUT2D eigenvalue weighted by molar-refractivity contribution is 5.36. The number of nitrogens with zero attached hydrogens (tertiary/aromatic N) is 4. The second-order valence-corrected chi connectivity index (χ2v) is 9.39. The molecule has 0 aromatic carbocycles. The van der Waals surface area contributed by atoms with Crippen LogP contribution in [-0.2, 0) is 13.1 Å². The molecule has 1 saturated heterocycles. The lowest BCUT2D eigenvalue weighted by Gasteiger charge is -2.26. The fourth-order valence-electron chi connectivity index (χ4n) is 4.51. The molecule has 0 atom stereocenters. The molecule has 0 saturated carbocycles. The van der Waals surface area contributed by atoms with E-state index >= 15 is 0 Å². The number of hydrogen-bond acceptors (Lipinski definition) is 9. The van der Waals surface area contributed by atoms with Crippen LogP contribution in [0.15, 0.2) is 36.4 Å². The van der Waals surface area contributed by atoms with Crippen molar-refractivity contribution in [1.82, 2.24) is 35.7 Å². The molecule has 9 nitrogen and oxygen atoms in total. The summed E-state index contributed by atoms with van der Waals surface area (Å²) in [5, 5.41) is 17.8. The maximum absolute atomic E-state index is 4.87. The van der Waals surface area contributed by atoms with Crippen molar-refractivity contribution in [2.75, 3.05) is 89.2 Å². The highest BCUT2D eigenvalue weighted by atomic mass is 15.2. The highest BCUT2D eigenvalue weighted by Crippen LogP contribution is 2.09. The van der Waals surface area contributed by atoms with Crippen LogP contribution in [0.2, 0.25) is 0 Å². The minimum absolute atomic E-state index is 0.878. The minimum Gasteiger partial charge on any atom is -0.370 e. The van der Waals surface area contributed by atoms with Gasteiger partial charge < -0.3 is 26.6 Å². The second kappa shape index (κ2) is 15.0. The smallest absolute Gasteiger partial charge is 0.126 e. The van der Waals surface area contributed by atoms with Gasteiger partial charge in [-0.25, -0.2) is 9.97 Å². The normalized spacial score (nSPS) is 24.0. The first-order chi connectivity index (χ1) is 17.3. The van der Waals surface area contributed by atoms with Gasteiger partial charge in [0.2, 0.25) is 0 Å². The van der Waals surface area contributed by atoms with E-state index in [1.807, 2.05) is 0 Å². The van der Waals surface area contributed by atoms with Gasteiger partial charge in [-0.2, -0.15) is 0 Å². The van der Waals surface area contributed by atoms with Crippen LogP contribution in [0.25, 0.3) is 0 Å². The molecule has 5 N–H and O–H groups in total. The third-order valence-electron chi connectivity index (χ3n) is 6.48. The summed E-state index contributed by atoms with van der Waals surface area (Å²) < 4.78 is 0. The lowest BCUT2D eigenvalue weighted by molar-refractivity contribution is 0.231. The molecule has 2 aromatic heterocycles. The van der Waals surface area contributed by atoms with E-state index in [1.54, 1.807) is 0 Å². The molecule has 0 amide bonds. The van der Waals surface area contributed by atoms with E-state index in [2.05, 4.69) is 72.8 Å². The lowest BCUT2D eigenvalue weighted by atomic mass is 10.3. The topological polar surface area (TPSA) is 92.4 Å². The Morgan fingerprint density at radius 3 is 1.40 bits per heavy atom. The quantitative estimate of drug-likeness (QED) is 0.380. The fraction of sp³-hybridized carbons (Fsp3) is 0.615. The summed E-state index contributed by atoms with van der Waals surface area (Å²) in [6.07, 6.45) is 2.14. The zero-order chi connectivity index (χ0) is 24.0. The first-order valence-electron chi connectivity index (χ1n) is 13.3. The Morgan fingerprint density at radius 1 is 0.514 bits per heavy atom. The van der Waals surface area contributed by atoms with Gasteiger partial charge in [0, 0.05) is 78.5 Å². The Hall–Kier alpha value is -2.30. The monoisotopic (exact) mass is 481 g/mol. The molecule has 0 spiro atoms. The third-order valence-corrected chi connectivity index (χ3v) is 6.48. The molecule has 6 bridgehead atoms. The highest BCUT2D eigenvalue weighted by Gasteiger charge is 2.11. The van der Waals surface area contributed by atoms with Gasteiger partial charge in [0.15, 0.2) is 0 Å². The van der Waals surface area contributed by atoms with Gasteiger partial charge in [0.1, 0.15) is 11.6 Å². The Bertz CT molecular complexity index is 781. The zero-order valence-corrected chi connectivity index (χ0v) is 21.1. The van der Waals surface area contributed by atoms with Gasteiger partial charge >= 0.3 is 0 Å². The summed E-state index contributed by atoms with van der Waals surface area (Å²) in [7, 11) is 0. The second-order valence-electron chi connectivity index (χ2n) is 9.39. The van der Waals surface area contributed by atoms with E-state index in [0.29, 0.717) is 0 Å². The van der Waals surface area contributed by atoms with Crippen LogP contribution in [0.3, 0.4) is 0 Å². The predicted octanol–water partition coefficient (Wildman–Crippen LogP) is 1.18. The molecule has 5 rings (SSSR count). The Labute approximate surface area is 210 Å². The number of pyridine rings is 2. The van der Waals surface area contributed by atoms with E-state index in [9.17, 15) is 0 Å². The van der Waals surface area contributed by atoms with Crippen LogP contribution in [-0.4, -0.2) is 98.3 Å². The Morgan fingerprint density at radius 2 is 0.943 bits per heavy atom. The molecule has 5 heterocycles. The summed E-state index contributed by atoms with van der Waals surface area (Å²) in [4.78, 5) is 14.7. The van der Waals surface area contributed by atoms with Crippen molar-refractivity contribution < 1.29 is 0 Å². The van der Waals surface area contributed by atoms with Crippen LogP contribution in [0.4, 0.5) is 11.6 Å². The van der Waals surface area contributed by atoms with Crippen LogP contribution in [0.5, 0.6) is 0 Å². The van der Waals surface area contributed by atoms with Gasteiger partial charge in [-0.3, -0.25) is 9.80 Å². The van der Waals surface area contributed by atoms with Crippen molar-refractivity contribution in [2.45, 2.75) is 25.9 Å². The molecule has 35 heavy (non-hydrogen) atoms. The number of anilines is 2. The van der Waals surface area contributed by atoms with Crippen molar-refractivity contribution in [2.24, 2.45) is 0 Å². The standard InChI is InChI=1S/C26H43N9/c1-5-23-21-34-17-13-28-15-19-35(20-16-29-14-18-34)22-24-6-2-8-26(33-24)31-12-4-10-27-9-3-11-30-25(7-1)32-23/h1-2,5-8,27-29H,3-4,9-22H2,(H,30,32)(H,31,33). The van der Waals surface area contributed by atoms with E-state index in [4.69, 9.17) is 9.97 Å². The summed E-state index contributed by atoms with van der Waals surface area (Å²) in [6, 6.07) is 12.7. The summed E-state index contributed by atoms with van der Waals surface area (Å²) in [5.41, 5.74) is 2.26. The predicted molar refractivity (Wildman–Crippen MR) is 144 cm³/mol. The Balaban J connectivity index is 1.41. The molecule has 9 heteroatoms. The van der Waals surface area contributed by atoms with Crippen molar-refractivity contribution in [3.05, 3.63) is 47.8 Å². The maximum atomic E-state index is 4.87. The number of rotatable bonds is 0. The molecule has 3 aliphatic heterocycles. The summed E-state index contributed by atoms with van der Waals surface area (Å²) in [5.74, 6) is 1.95. The van der Waals surface area contributed by atoms with Gasteiger partial charge in [-0.1, -0.05) is 12.1 Å². The number of aromatic nitrogens is 2. The van der Waals surface area contributed by atoms with Crippen LogP contribution >= 0.6 is 0 Å². The molecule has 0 aliphatic carbocycles. The lowest BCUT2D eigenvalue weighted by Crippen LogP contribution is -2.43. The maximum Gasteiger partial charge on any atom is 0.126 e. The van der Waals surface area contributed by atoms with Crippen molar-refractivity contribution in [3.8, 4) is 0 Å². The molecular formula is C26H43N9. The van der Waals surface area contributed by atoms with E-state index in [1.165, 1.54) is 0 Å². The fourth-order valence-corrected chi connectivity index (χ4v) is 4.51. The number of nitrogens with one attached hydrogen (secondary N) is 5. The minimum atomic E-state index is 0.878. The van der Waals surface area contributed by atoms with Crippen molar-refractivity contribution in [3.63, 3.8) is 0 Å². The molecule has 2 aromatic rings. The third kappa shape index (κ3) is 9.70. The summed E-state index contributed by atoms with van der Waals surface area (Å²) >= 11 is 0. The summed E-state index contributed by atoms with van der Waals surface area (Å²) in [6.45, 7) is 13.6. The number of fused-ring (bicyclic) bond motifs is 16. The first-order valence-corrected chi connectivity index (χ1v) is 13.3. The van der Waals surface area contributed by atoms with E-state index in [0.717, 1.165) is 127 Å². The molecule has 192 valence electrons. The molecular weight excluding hydrogens is 438 g/mol. The van der Waals surface area contributed by atoms with Crippen LogP contribution < -0.4 is 26.6 Å². The van der Waals surface area contributed by atoms with Crippen LogP contribution in [0, 0.1) is 0 Å². The Kier molecular flexibility index (Phi) is 11.0. The molecule has 0 unspecified atom stereocenters. The number of hydrogen-bond donors (Lipinski definition) is 5. The molecule has 3 aliphatic rings. The van der Waals surface area contributed by atoms with Crippen LogP contribution in [0.1, 0.15) is 24.2 Å². The van der Waals surface area contributed by atoms with E-state index < -0.39 is 0 Å². The average Bonchev–Trinajstić information content (AvgIpc) is 2.86. The average molecular weight is 482 g/mol. The molecule has 0 radical (unpaired) electrons. The van der Waals surface area contributed by atoms with Gasteiger partial charge in [0.25, 0.3) is 0 Å². The first kappa shape index (κ1) is 25.8. The van der Waals surface area contributed by atoms with Gasteiger partial charge in [0.05, 0.1) is 11.4 Å².